The largest absolute Gasteiger partial charge is 0.337 e. The fraction of sp³-hybridized carbons (Fsp3) is 0.500. The van der Waals surface area contributed by atoms with Crippen molar-refractivity contribution in [1.82, 2.24) is 10.6 Å². The summed E-state index contributed by atoms with van der Waals surface area (Å²) in [6, 6.07) is 7.45. The molecule has 1 aliphatic carbocycles. The van der Waals surface area contributed by atoms with E-state index in [2.05, 4.69) is 16.7 Å². The first-order chi connectivity index (χ1) is 10.5. The molecule has 2 rings (SSSR count). The second-order valence-corrected chi connectivity index (χ2v) is 6.56. The highest BCUT2D eigenvalue weighted by Crippen LogP contribution is 2.29. The van der Waals surface area contributed by atoms with Gasteiger partial charge < -0.3 is 10.6 Å². The summed E-state index contributed by atoms with van der Waals surface area (Å²) in [5, 5.41) is 16.4. The summed E-state index contributed by atoms with van der Waals surface area (Å²) in [6.45, 7) is 2.07. The number of hydrogen-bond acceptors (Lipinski definition) is 3. The zero-order valence-corrected chi connectivity index (χ0v) is 14.0. The molecule has 6 heteroatoms. The molecule has 118 valence electrons. The average molecular weight is 340 g/mol. The Kier molecular flexibility index (Phi) is 5.69. The lowest BCUT2D eigenvalue weighted by molar-refractivity contribution is -0.121. The summed E-state index contributed by atoms with van der Waals surface area (Å²) in [7, 11) is 0. The standard InChI is InChI=1S/C16H19Cl2N3O/c1-11(13-5-4-12(17)8-14(13)18)20-9-15(22)21-16(10-19)6-2-3-7-16/h4-5,8,11,20H,2-3,6-7,9H2,1H3,(H,21,22). The number of carbonyl (C=O) groups is 1. The maximum absolute atomic E-state index is 12.1. The number of carbonyl (C=O) groups excluding carboxylic acids is 1. The third-order valence-electron chi connectivity index (χ3n) is 4.05. The Labute approximate surface area is 140 Å². The normalized spacial score (nSPS) is 17.7. The van der Waals surface area contributed by atoms with Gasteiger partial charge in [0.25, 0.3) is 0 Å². The Balaban J connectivity index is 1.89. The van der Waals surface area contributed by atoms with E-state index in [0.29, 0.717) is 10.0 Å². The van der Waals surface area contributed by atoms with Gasteiger partial charge in [-0.3, -0.25) is 4.79 Å². The van der Waals surface area contributed by atoms with E-state index >= 15 is 0 Å². The Morgan fingerprint density at radius 3 is 2.68 bits per heavy atom. The van der Waals surface area contributed by atoms with Crippen molar-refractivity contribution in [2.24, 2.45) is 0 Å². The smallest absolute Gasteiger partial charge is 0.235 e. The van der Waals surface area contributed by atoms with Crippen LogP contribution in [-0.2, 0) is 4.79 Å². The van der Waals surface area contributed by atoms with E-state index in [9.17, 15) is 10.1 Å². The molecule has 0 aliphatic heterocycles. The van der Waals surface area contributed by atoms with Crippen molar-refractivity contribution in [3.05, 3.63) is 33.8 Å². The molecule has 1 fully saturated rings. The van der Waals surface area contributed by atoms with Gasteiger partial charge in [0.2, 0.25) is 5.91 Å². The van der Waals surface area contributed by atoms with Crippen LogP contribution in [0.2, 0.25) is 10.0 Å². The number of benzene rings is 1. The minimum atomic E-state index is -0.681. The van der Waals surface area contributed by atoms with Crippen molar-refractivity contribution in [2.75, 3.05) is 6.54 Å². The lowest BCUT2D eigenvalue weighted by Gasteiger charge is -2.23. The minimum Gasteiger partial charge on any atom is -0.337 e. The summed E-state index contributed by atoms with van der Waals surface area (Å²) < 4.78 is 0. The molecular weight excluding hydrogens is 321 g/mol. The van der Waals surface area contributed by atoms with E-state index in [1.165, 1.54) is 0 Å². The number of halogens is 2. The van der Waals surface area contributed by atoms with E-state index < -0.39 is 5.54 Å². The molecule has 1 amide bonds. The molecule has 1 saturated carbocycles. The van der Waals surface area contributed by atoms with E-state index in [0.717, 1.165) is 31.2 Å². The highest BCUT2D eigenvalue weighted by Gasteiger charge is 2.35. The third-order valence-corrected chi connectivity index (χ3v) is 4.61. The van der Waals surface area contributed by atoms with Crippen molar-refractivity contribution in [2.45, 2.75) is 44.2 Å². The van der Waals surface area contributed by atoms with Crippen LogP contribution in [0.3, 0.4) is 0 Å². The van der Waals surface area contributed by atoms with Gasteiger partial charge in [0, 0.05) is 16.1 Å². The molecule has 1 aliphatic rings. The molecule has 4 nitrogen and oxygen atoms in total. The molecule has 1 atom stereocenters. The quantitative estimate of drug-likeness (QED) is 0.861. The highest BCUT2D eigenvalue weighted by atomic mass is 35.5. The van der Waals surface area contributed by atoms with Gasteiger partial charge in [-0.15, -0.1) is 0 Å². The monoisotopic (exact) mass is 339 g/mol. The Morgan fingerprint density at radius 1 is 1.41 bits per heavy atom. The molecule has 22 heavy (non-hydrogen) atoms. The molecule has 0 radical (unpaired) electrons. The fourth-order valence-corrected chi connectivity index (χ4v) is 3.33. The topological polar surface area (TPSA) is 64.9 Å². The molecule has 0 heterocycles. The van der Waals surface area contributed by atoms with Crippen LogP contribution in [0.25, 0.3) is 0 Å². The van der Waals surface area contributed by atoms with Gasteiger partial charge >= 0.3 is 0 Å². The minimum absolute atomic E-state index is 0.0860. The van der Waals surface area contributed by atoms with Crippen LogP contribution in [0, 0.1) is 11.3 Å². The number of nitriles is 1. The summed E-state index contributed by atoms with van der Waals surface area (Å²) in [4.78, 5) is 12.1. The highest BCUT2D eigenvalue weighted by molar-refractivity contribution is 6.35. The van der Waals surface area contributed by atoms with Crippen LogP contribution in [0.5, 0.6) is 0 Å². The number of amides is 1. The van der Waals surface area contributed by atoms with Crippen LogP contribution in [0.4, 0.5) is 0 Å². The number of rotatable bonds is 5. The maximum atomic E-state index is 12.1. The lowest BCUT2D eigenvalue weighted by atomic mass is 10.00. The predicted octanol–water partition coefficient (Wildman–Crippen LogP) is 3.60. The van der Waals surface area contributed by atoms with E-state index in [1.54, 1.807) is 12.1 Å². The van der Waals surface area contributed by atoms with E-state index in [4.69, 9.17) is 23.2 Å². The molecule has 1 aromatic rings. The van der Waals surface area contributed by atoms with Crippen LogP contribution in [0.15, 0.2) is 18.2 Å². The van der Waals surface area contributed by atoms with Gasteiger partial charge in [0.15, 0.2) is 0 Å². The van der Waals surface area contributed by atoms with Crippen molar-refractivity contribution < 1.29 is 4.79 Å². The fourth-order valence-electron chi connectivity index (χ4n) is 2.76. The predicted molar refractivity (Wildman–Crippen MR) is 87.8 cm³/mol. The third kappa shape index (κ3) is 4.13. The first-order valence-electron chi connectivity index (χ1n) is 7.36. The first-order valence-corrected chi connectivity index (χ1v) is 8.12. The second kappa shape index (κ2) is 7.32. The van der Waals surface area contributed by atoms with Gasteiger partial charge in [0.05, 0.1) is 12.6 Å². The van der Waals surface area contributed by atoms with Crippen molar-refractivity contribution in [1.29, 1.82) is 5.26 Å². The lowest BCUT2D eigenvalue weighted by Crippen LogP contribution is -2.48. The molecule has 0 aromatic heterocycles. The summed E-state index contributed by atoms with van der Waals surface area (Å²) in [6.07, 6.45) is 3.43. The van der Waals surface area contributed by atoms with Gasteiger partial charge in [-0.1, -0.05) is 29.3 Å². The van der Waals surface area contributed by atoms with Crippen LogP contribution < -0.4 is 10.6 Å². The van der Waals surface area contributed by atoms with Crippen LogP contribution >= 0.6 is 23.2 Å². The molecule has 2 N–H and O–H groups in total. The Morgan fingerprint density at radius 2 is 2.09 bits per heavy atom. The summed E-state index contributed by atoms with van der Waals surface area (Å²) >= 11 is 12.0. The SMILES string of the molecule is CC(NCC(=O)NC1(C#N)CCCC1)c1ccc(Cl)cc1Cl. The van der Waals surface area contributed by atoms with Gasteiger partial charge in [-0.2, -0.15) is 5.26 Å². The zero-order chi connectivity index (χ0) is 16.2. The van der Waals surface area contributed by atoms with Gasteiger partial charge in [-0.05, 0) is 50.3 Å². The van der Waals surface area contributed by atoms with Crippen molar-refractivity contribution >= 4 is 29.1 Å². The van der Waals surface area contributed by atoms with E-state index in [-0.39, 0.29) is 18.5 Å². The van der Waals surface area contributed by atoms with Crippen molar-refractivity contribution in [3.63, 3.8) is 0 Å². The molecule has 0 bridgehead atoms. The van der Waals surface area contributed by atoms with Gasteiger partial charge in [0.1, 0.15) is 5.54 Å². The zero-order valence-electron chi connectivity index (χ0n) is 12.5. The van der Waals surface area contributed by atoms with Crippen molar-refractivity contribution in [3.8, 4) is 6.07 Å². The number of hydrogen-bond donors (Lipinski definition) is 2. The van der Waals surface area contributed by atoms with Crippen LogP contribution in [-0.4, -0.2) is 18.0 Å². The molecule has 1 aromatic carbocycles. The number of nitrogens with zero attached hydrogens (tertiary/aromatic N) is 1. The molecule has 0 saturated heterocycles. The molecule has 0 spiro atoms. The Bertz CT molecular complexity index is 592. The first kappa shape index (κ1) is 17.1. The maximum Gasteiger partial charge on any atom is 0.235 e. The Hall–Kier alpha value is -1.28. The second-order valence-electron chi connectivity index (χ2n) is 5.72. The van der Waals surface area contributed by atoms with Gasteiger partial charge in [-0.25, -0.2) is 0 Å². The molecule has 1 unspecified atom stereocenters. The summed E-state index contributed by atoms with van der Waals surface area (Å²) in [5.74, 6) is -0.166. The van der Waals surface area contributed by atoms with E-state index in [1.807, 2.05) is 13.0 Å². The number of nitrogens with one attached hydrogen (secondary N) is 2. The summed E-state index contributed by atoms with van der Waals surface area (Å²) in [5.41, 5.74) is 0.203. The average Bonchev–Trinajstić information content (AvgIpc) is 2.94. The van der Waals surface area contributed by atoms with Crippen LogP contribution in [0.1, 0.15) is 44.2 Å². The molecular formula is C16H19Cl2N3O.